The summed E-state index contributed by atoms with van der Waals surface area (Å²) in [6, 6.07) is 147. The van der Waals surface area contributed by atoms with E-state index in [0.29, 0.717) is 6.54 Å². The Balaban J connectivity index is 0.601. The van der Waals surface area contributed by atoms with Gasteiger partial charge in [-0.3, -0.25) is 0 Å². The lowest BCUT2D eigenvalue weighted by Gasteiger charge is -2.29. The van der Waals surface area contributed by atoms with Crippen LogP contribution in [-0.2, 0) is 0 Å². The van der Waals surface area contributed by atoms with E-state index in [2.05, 4.69) is 420 Å². The molecule has 21 rings (SSSR count). The van der Waals surface area contributed by atoms with E-state index in [4.69, 9.17) is 16.5 Å². The van der Waals surface area contributed by atoms with Gasteiger partial charge in [0.15, 0.2) is 0 Å². The molecule has 0 fully saturated rings. The van der Waals surface area contributed by atoms with Crippen molar-refractivity contribution in [3.05, 3.63) is 442 Å². The minimum Gasteiger partial charge on any atom is -0.337 e. The Bertz CT molecular complexity index is 7110. The molecule has 0 bridgehead atoms. The zero-order valence-corrected chi connectivity index (χ0v) is 63.0. The maximum atomic E-state index is 5.44. The minimum absolute atomic E-state index is 0.631. The van der Waals surface area contributed by atoms with E-state index in [0.717, 1.165) is 129 Å². The third-order valence-corrected chi connectivity index (χ3v) is 22.8. The second-order valence-electron chi connectivity index (χ2n) is 29.8. The summed E-state index contributed by atoms with van der Waals surface area (Å²) in [6.45, 7) is 5.46. The van der Waals surface area contributed by atoms with Gasteiger partial charge in [0.05, 0.1) is 33.5 Å². The monoisotopic (exact) mass is 1470 g/mol. The molecule has 0 aliphatic carbocycles. The molecular formula is C109H74N6. The quantitative estimate of drug-likeness (QED) is 0.109. The Morgan fingerprint density at radius 2 is 0.600 bits per heavy atom. The largest absolute Gasteiger partial charge is 0.337 e. The second-order valence-corrected chi connectivity index (χ2v) is 29.8. The molecule has 0 amide bonds. The first-order valence-electron chi connectivity index (χ1n) is 39.3. The molecule has 0 spiro atoms. The molecule has 0 saturated carbocycles. The van der Waals surface area contributed by atoms with Crippen molar-refractivity contribution in [1.29, 1.82) is 0 Å². The van der Waals surface area contributed by atoms with Crippen molar-refractivity contribution in [2.45, 2.75) is 0 Å². The Kier molecular flexibility index (Phi) is 17.0. The molecule has 0 saturated heterocycles. The van der Waals surface area contributed by atoms with E-state index in [1.54, 1.807) is 0 Å². The van der Waals surface area contributed by atoms with E-state index < -0.39 is 0 Å². The van der Waals surface area contributed by atoms with Crippen LogP contribution in [0.25, 0.3) is 149 Å². The average Bonchev–Trinajstić information content (AvgIpc) is 1.59. The highest BCUT2D eigenvalue weighted by molar-refractivity contribution is 6.12. The van der Waals surface area contributed by atoms with Crippen LogP contribution in [-0.4, -0.2) is 21.1 Å². The van der Waals surface area contributed by atoms with Crippen molar-refractivity contribution in [3.63, 3.8) is 0 Å². The molecular weight excluding hydrogens is 1390 g/mol. The van der Waals surface area contributed by atoms with Gasteiger partial charge in [-0.2, -0.15) is 0 Å². The van der Waals surface area contributed by atoms with Gasteiger partial charge in [0.25, 0.3) is 0 Å². The van der Waals surface area contributed by atoms with Gasteiger partial charge in [0.2, 0.25) is 0 Å². The molecule has 1 aliphatic heterocycles. The fraction of sp³-hybridized carbons (Fsp3) is 0.00917. The van der Waals surface area contributed by atoms with Crippen molar-refractivity contribution >= 4 is 133 Å². The van der Waals surface area contributed by atoms with E-state index in [1.165, 1.54) is 76.1 Å². The van der Waals surface area contributed by atoms with Gasteiger partial charge in [-0.1, -0.05) is 255 Å². The highest BCUT2D eigenvalue weighted by Gasteiger charge is 2.24. The summed E-state index contributed by atoms with van der Waals surface area (Å²) in [5, 5.41) is 12.2. The predicted molar refractivity (Wildman–Crippen MR) is 486 cm³/mol. The van der Waals surface area contributed by atoms with Crippen molar-refractivity contribution in [1.82, 2.24) is 14.5 Å². The third kappa shape index (κ3) is 12.8. The van der Waals surface area contributed by atoms with Gasteiger partial charge in [-0.05, 0) is 269 Å². The number of hydrogen-bond donors (Lipinski definition) is 0. The highest BCUT2D eigenvalue weighted by atomic mass is 15.2. The van der Waals surface area contributed by atoms with Gasteiger partial charge in [-0.25, -0.2) is 9.97 Å². The first-order chi connectivity index (χ1) is 56.9. The summed E-state index contributed by atoms with van der Waals surface area (Å²) in [4.78, 5) is 17.9. The molecule has 1 aliphatic rings. The van der Waals surface area contributed by atoms with Crippen LogP contribution in [0.4, 0.5) is 45.5 Å². The minimum atomic E-state index is 0.631. The lowest BCUT2D eigenvalue weighted by Crippen LogP contribution is -2.18. The molecule has 3 heterocycles. The maximum absolute atomic E-state index is 5.44. The Labute approximate surface area is 668 Å². The summed E-state index contributed by atoms with van der Waals surface area (Å²) in [5.41, 5.74) is 28.2. The van der Waals surface area contributed by atoms with E-state index in [-0.39, 0.29) is 0 Å². The van der Waals surface area contributed by atoms with Crippen LogP contribution in [0.5, 0.6) is 0 Å². The molecule has 20 aromatic rings. The first-order valence-corrected chi connectivity index (χ1v) is 39.3. The summed E-state index contributed by atoms with van der Waals surface area (Å²) in [7, 11) is 0. The van der Waals surface area contributed by atoms with Crippen LogP contribution in [0.1, 0.15) is 11.1 Å². The van der Waals surface area contributed by atoms with Crippen LogP contribution in [0.15, 0.2) is 431 Å². The van der Waals surface area contributed by atoms with Gasteiger partial charge >= 0.3 is 0 Å². The van der Waals surface area contributed by atoms with Crippen molar-refractivity contribution in [2.75, 3.05) is 21.2 Å². The lowest BCUT2D eigenvalue weighted by molar-refractivity contribution is 1.09. The number of rotatable bonds is 14. The molecule has 0 radical (unpaired) electrons. The number of nitrogens with zero attached hydrogens (tertiary/aromatic N) is 6. The second kappa shape index (κ2) is 28.9. The number of allylic oxidation sites excluding steroid dienone is 4. The molecule has 18 aromatic carbocycles. The number of para-hydroxylation sites is 4. The predicted octanol–water partition coefficient (Wildman–Crippen LogP) is 29.4. The first kappa shape index (κ1) is 67.8. The van der Waals surface area contributed by atoms with E-state index in [1.807, 2.05) is 24.3 Å². The van der Waals surface area contributed by atoms with Gasteiger partial charge in [0, 0.05) is 85.2 Å². The summed E-state index contributed by atoms with van der Waals surface area (Å²) in [6.07, 6.45) is 6.79. The van der Waals surface area contributed by atoms with Crippen LogP contribution in [0.2, 0.25) is 0 Å². The van der Waals surface area contributed by atoms with E-state index >= 15 is 0 Å². The number of fused-ring (bicyclic) bond motifs is 9. The van der Waals surface area contributed by atoms with Gasteiger partial charge < -0.3 is 19.3 Å². The van der Waals surface area contributed by atoms with Crippen molar-refractivity contribution in [2.24, 2.45) is 0 Å². The topological polar surface area (TPSA) is 40.4 Å². The van der Waals surface area contributed by atoms with Crippen LogP contribution >= 0.6 is 0 Å². The molecule has 6 heteroatoms. The normalized spacial score (nSPS) is 13.1. The standard InChI is InChI=1S/C109H74N6/c1-73-65-80(85-38-34-74-19-8-12-23-81(74)66-85)27-18-64-112(105-61-46-89(70-100(73)105)86-39-35-75-20-9-13-24-82(75)67-86)92-53-55-97(56-54-92)113(93-28-4-2-5-29-93)95-49-42-78(43-50-95)108-109(111-104-33-17-16-32-103(104)110-108)79-44-51-96(52-45-79)114(94-30-6-3-7-31-94)98-57-59-99(60-58-98)115-106-62-47-90(87-40-36-76-21-10-14-25-83(76)68-87)71-101(106)102-72-91(48-63-107(102)115)88-41-37-77-22-11-15-26-84(77)69-88/h2-63,65-72H,1,64H2/b27-18-,80-65+. The smallest absolute Gasteiger partial charge is 0.0973 e. The van der Waals surface area contributed by atoms with E-state index in [9.17, 15) is 0 Å². The Hall–Kier alpha value is -15.2. The number of anilines is 8. The SMILES string of the molecule is C=C1/C=C(c2ccc3ccccc3c2)\C=C/CN(c2ccc(N(c3ccccc3)c3ccc(-c4nc5ccccc5nc4-c4ccc(N(c5ccccc5)c5ccc(-n6c7ccc(-c8ccc9ccccc9c8)cc7c7cc(-c8ccc9ccccc9c8)ccc76)cc5)cc4)cc3)cc2)c2ccc(-c3ccc4ccccc4c3)cc21. The number of hydrogen-bond acceptors (Lipinski definition) is 5. The summed E-state index contributed by atoms with van der Waals surface area (Å²) < 4.78 is 2.42. The van der Waals surface area contributed by atoms with Crippen LogP contribution < -0.4 is 14.7 Å². The molecule has 0 atom stereocenters. The summed E-state index contributed by atoms with van der Waals surface area (Å²) >= 11 is 0. The zero-order valence-electron chi connectivity index (χ0n) is 63.0. The van der Waals surface area contributed by atoms with Gasteiger partial charge in [-0.15, -0.1) is 0 Å². The fourth-order valence-electron chi connectivity index (χ4n) is 17.0. The van der Waals surface area contributed by atoms with Crippen LogP contribution in [0.3, 0.4) is 0 Å². The fourth-order valence-corrected chi connectivity index (χ4v) is 17.0. The molecule has 115 heavy (non-hydrogen) atoms. The van der Waals surface area contributed by atoms with Gasteiger partial charge in [0.1, 0.15) is 0 Å². The Morgan fingerprint density at radius 1 is 0.270 bits per heavy atom. The van der Waals surface area contributed by atoms with Crippen molar-refractivity contribution < 1.29 is 0 Å². The molecule has 2 aromatic heterocycles. The van der Waals surface area contributed by atoms with Crippen LogP contribution in [0, 0.1) is 0 Å². The molecule has 540 valence electrons. The maximum Gasteiger partial charge on any atom is 0.0973 e. The number of aromatic nitrogens is 3. The molecule has 0 unspecified atom stereocenters. The highest BCUT2D eigenvalue weighted by Crippen LogP contribution is 2.46. The lowest BCUT2D eigenvalue weighted by atomic mass is 9.94. The van der Waals surface area contributed by atoms with Crippen molar-refractivity contribution in [3.8, 4) is 61.6 Å². The Morgan fingerprint density at radius 3 is 1.04 bits per heavy atom. The average molecular weight is 1470 g/mol. The molecule has 0 N–H and O–H groups in total. The number of benzene rings is 18. The third-order valence-electron chi connectivity index (χ3n) is 22.8. The zero-order chi connectivity index (χ0) is 76.3. The summed E-state index contributed by atoms with van der Waals surface area (Å²) in [5.74, 6) is 0. The molecule has 6 nitrogen and oxygen atoms in total.